The maximum atomic E-state index is 12.1. The maximum Gasteiger partial charge on any atom is 0.327 e. The normalized spacial score (nSPS) is 22.4. The van der Waals surface area contributed by atoms with Gasteiger partial charge in [0, 0.05) is 6.04 Å². The summed E-state index contributed by atoms with van der Waals surface area (Å²) in [5.41, 5.74) is 0.791. The zero-order valence-corrected chi connectivity index (χ0v) is 12.9. The monoisotopic (exact) mass is 311 g/mol. The lowest BCUT2D eigenvalue weighted by Gasteiger charge is -2.27. The summed E-state index contributed by atoms with van der Waals surface area (Å²) in [6, 6.07) is 8.42. The predicted molar refractivity (Wildman–Crippen MR) is 80.6 cm³/mol. The van der Waals surface area contributed by atoms with Gasteiger partial charge in [-0.15, -0.1) is 0 Å². The molecule has 1 aromatic carbocycles. The Bertz CT molecular complexity index is 571. The molecule has 0 spiro atoms. The first-order chi connectivity index (χ1) is 10.0. The molecule has 2 rings (SSSR count). The zero-order valence-electron chi connectivity index (χ0n) is 12.1. The molecule has 1 heterocycles. The SMILES string of the molecule is CCOC(=O)C(NC1CCCS(=O)(=O)C1)c1ccccc1. The van der Waals surface area contributed by atoms with Crippen molar-refractivity contribution in [2.24, 2.45) is 0 Å². The van der Waals surface area contributed by atoms with E-state index in [-0.39, 0.29) is 23.5 Å². The largest absolute Gasteiger partial charge is 0.465 e. The van der Waals surface area contributed by atoms with Crippen LogP contribution in [0.5, 0.6) is 0 Å². The van der Waals surface area contributed by atoms with Gasteiger partial charge >= 0.3 is 5.97 Å². The average molecular weight is 311 g/mol. The Kier molecular flexibility index (Phi) is 5.36. The van der Waals surface area contributed by atoms with Crippen molar-refractivity contribution in [2.75, 3.05) is 18.1 Å². The summed E-state index contributed by atoms with van der Waals surface area (Å²) in [6.45, 7) is 2.05. The van der Waals surface area contributed by atoms with E-state index in [0.717, 1.165) is 12.0 Å². The molecule has 0 amide bonds. The number of hydrogen-bond donors (Lipinski definition) is 1. The van der Waals surface area contributed by atoms with E-state index in [1.54, 1.807) is 6.92 Å². The number of benzene rings is 1. The third-order valence-electron chi connectivity index (χ3n) is 3.52. The van der Waals surface area contributed by atoms with Crippen molar-refractivity contribution in [2.45, 2.75) is 31.8 Å². The van der Waals surface area contributed by atoms with Crippen LogP contribution in [-0.4, -0.2) is 38.5 Å². The van der Waals surface area contributed by atoms with E-state index in [4.69, 9.17) is 4.74 Å². The van der Waals surface area contributed by atoms with Crippen LogP contribution in [0.1, 0.15) is 31.4 Å². The number of ether oxygens (including phenoxy) is 1. The molecule has 0 radical (unpaired) electrons. The topological polar surface area (TPSA) is 72.5 Å². The smallest absolute Gasteiger partial charge is 0.327 e. The Balaban J connectivity index is 2.14. The fraction of sp³-hybridized carbons (Fsp3) is 0.533. The minimum Gasteiger partial charge on any atom is -0.465 e. The van der Waals surface area contributed by atoms with Crippen LogP contribution in [0.4, 0.5) is 0 Å². The Labute approximate surface area is 125 Å². The van der Waals surface area contributed by atoms with Crippen molar-refractivity contribution in [3.05, 3.63) is 35.9 Å². The predicted octanol–water partition coefficient (Wildman–Crippen LogP) is 1.46. The van der Waals surface area contributed by atoms with Gasteiger partial charge in [-0.2, -0.15) is 0 Å². The molecule has 1 saturated heterocycles. The molecule has 1 aliphatic rings. The third kappa shape index (κ3) is 4.54. The quantitative estimate of drug-likeness (QED) is 0.834. The molecule has 116 valence electrons. The molecule has 0 saturated carbocycles. The van der Waals surface area contributed by atoms with Crippen molar-refractivity contribution in [1.29, 1.82) is 0 Å². The Hall–Kier alpha value is -1.40. The second kappa shape index (κ2) is 7.04. The molecule has 2 atom stereocenters. The van der Waals surface area contributed by atoms with Gasteiger partial charge in [0.25, 0.3) is 0 Å². The van der Waals surface area contributed by atoms with Gasteiger partial charge in [0.2, 0.25) is 0 Å². The molecule has 0 aliphatic carbocycles. The maximum absolute atomic E-state index is 12.1. The van der Waals surface area contributed by atoms with Gasteiger partial charge in [-0.3, -0.25) is 5.32 Å². The molecule has 5 nitrogen and oxygen atoms in total. The molecule has 0 bridgehead atoms. The van der Waals surface area contributed by atoms with Gasteiger partial charge in [-0.05, 0) is 25.3 Å². The zero-order chi connectivity index (χ0) is 15.3. The molecule has 1 aromatic rings. The number of rotatable bonds is 5. The number of nitrogens with one attached hydrogen (secondary N) is 1. The van der Waals surface area contributed by atoms with Gasteiger partial charge in [0.05, 0.1) is 18.1 Å². The van der Waals surface area contributed by atoms with E-state index in [0.29, 0.717) is 13.0 Å². The summed E-state index contributed by atoms with van der Waals surface area (Å²) < 4.78 is 28.5. The van der Waals surface area contributed by atoms with Crippen molar-refractivity contribution in [3.63, 3.8) is 0 Å². The summed E-state index contributed by atoms with van der Waals surface area (Å²) in [6.07, 6.45) is 1.38. The number of carbonyl (C=O) groups is 1. The van der Waals surface area contributed by atoms with E-state index in [2.05, 4.69) is 5.32 Å². The minimum atomic E-state index is -3.01. The molecule has 21 heavy (non-hydrogen) atoms. The van der Waals surface area contributed by atoms with E-state index in [1.165, 1.54) is 0 Å². The first kappa shape index (κ1) is 16.0. The fourth-order valence-corrected chi connectivity index (χ4v) is 4.21. The second-order valence-corrected chi connectivity index (χ2v) is 7.44. The lowest BCUT2D eigenvalue weighted by atomic mass is 10.0. The number of sulfone groups is 1. The van der Waals surface area contributed by atoms with Crippen LogP contribution in [0.15, 0.2) is 30.3 Å². The first-order valence-corrected chi connectivity index (χ1v) is 9.02. The van der Waals surface area contributed by atoms with Crippen LogP contribution >= 0.6 is 0 Å². The van der Waals surface area contributed by atoms with Crippen molar-refractivity contribution in [1.82, 2.24) is 5.32 Å². The van der Waals surface area contributed by atoms with E-state index >= 15 is 0 Å². The van der Waals surface area contributed by atoms with Crippen LogP contribution in [0, 0.1) is 0 Å². The van der Waals surface area contributed by atoms with Gasteiger partial charge in [0.15, 0.2) is 9.84 Å². The molecule has 1 aliphatic heterocycles. The van der Waals surface area contributed by atoms with Crippen molar-refractivity contribution < 1.29 is 17.9 Å². The molecule has 2 unspecified atom stereocenters. The highest BCUT2D eigenvalue weighted by atomic mass is 32.2. The highest BCUT2D eigenvalue weighted by Crippen LogP contribution is 2.19. The van der Waals surface area contributed by atoms with Gasteiger partial charge in [-0.25, -0.2) is 13.2 Å². The number of carbonyl (C=O) groups excluding carboxylic acids is 1. The number of esters is 1. The van der Waals surface area contributed by atoms with Crippen molar-refractivity contribution >= 4 is 15.8 Å². The molecule has 1 fully saturated rings. The highest BCUT2D eigenvalue weighted by Gasteiger charge is 2.30. The standard InChI is InChI=1S/C15H21NO4S/c1-2-20-15(17)14(12-7-4-3-5-8-12)16-13-9-6-10-21(18,19)11-13/h3-5,7-8,13-14,16H,2,6,9-11H2,1H3. The van der Waals surface area contributed by atoms with Gasteiger partial charge in [0.1, 0.15) is 6.04 Å². The van der Waals surface area contributed by atoms with Crippen LogP contribution < -0.4 is 5.32 Å². The van der Waals surface area contributed by atoms with Crippen LogP contribution in [0.3, 0.4) is 0 Å². The van der Waals surface area contributed by atoms with Crippen LogP contribution in [-0.2, 0) is 19.4 Å². The highest BCUT2D eigenvalue weighted by molar-refractivity contribution is 7.91. The second-order valence-electron chi connectivity index (χ2n) is 5.22. The van der Waals surface area contributed by atoms with Crippen LogP contribution in [0.2, 0.25) is 0 Å². The average Bonchev–Trinajstić information content (AvgIpc) is 2.45. The molecular formula is C15H21NO4S. The van der Waals surface area contributed by atoms with Gasteiger partial charge < -0.3 is 4.74 Å². The molecule has 6 heteroatoms. The summed E-state index contributed by atoms with van der Waals surface area (Å²) in [5, 5.41) is 3.16. The summed E-state index contributed by atoms with van der Waals surface area (Å²) >= 11 is 0. The minimum absolute atomic E-state index is 0.0791. The van der Waals surface area contributed by atoms with E-state index in [9.17, 15) is 13.2 Å². The molecule has 0 aromatic heterocycles. The molecule has 1 N–H and O–H groups in total. The van der Waals surface area contributed by atoms with Crippen LogP contribution in [0.25, 0.3) is 0 Å². The Morgan fingerprint density at radius 3 is 2.71 bits per heavy atom. The number of hydrogen-bond acceptors (Lipinski definition) is 5. The first-order valence-electron chi connectivity index (χ1n) is 7.20. The Morgan fingerprint density at radius 2 is 2.10 bits per heavy atom. The fourth-order valence-electron chi connectivity index (χ4n) is 2.56. The lowest BCUT2D eigenvalue weighted by Crippen LogP contribution is -2.44. The summed E-state index contributed by atoms with van der Waals surface area (Å²) in [7, 11) is -3.01. The van der Waals surface area contributed by atoms with E-state index < -0.39 is 15.9 Å². The van der Waals surface area contributed by atoms with Gasteiger partial charge in [-0.1, -0.05) is 30.3 Å². The summed E-state index contributed by atoms with van der Waals surface area (Å²) in [4.78, 5) is 12.1. The molecular weight excluding hydrogens is 290 g/mol. The third-order valence-corrected chi connectivity index (χ3v) is 5.34. The Morgan fingerprint density at radius 1 is 1.38 bits per heavy atom. The van der Waals surface area contributed by atoms with Crippen molar-refractivity contribution in [3.8, 4) is 0 Å². The lowest BCUT2D eigenvalue weighted by molar-refractivity contribution is -0.146. The summed E-state index contributed by atoms with van der Waals surface area (Å²) in [5.74, 6) is -0.0530. The van der Waals surface area contributed by atoms with E-state index in [1.807, 2.05) is 30.3 Å².